The molecule has 136 valence electrons. The van der Waals surface area contributed by atoms with Crippen molar-refractivity contribution in [1.29, 1.82) is 0 Å². The zero-order valence-electron chi connectivity index (χ0n) is 15.6. The summed E-state index contributed by atoms with van der Waals surface area (Å²) in [5.74, 6) is 1.80. The zero-order chi connectivity index (χ0) is 18.1. The molecule has 25 heavy (non-hydrogen) atoms. The summed E-state index contributed by atoms with van der Waals surface area (Å²) in [5, 5.41) is 7.83. The predicted octanol–water partition coefficient (Wildman–Crippen LogP) is 3.11. The Bertz CT molecular complexity index is 696. The van der Waals surface area contributed by atoms with Crippen LogP contribution in [-0.2, 0) is 12.8 Å². The summed E-state index contributed by atoms with van der Waals surface area (Å²) in [6.45, 7) is 8.62. The van der Waals surface area contributed by atoms with Crippen LogP contribution < -0.4 is 15.4 Å². The van der Waals surface area contributed by atoms with Crippen molar-refractivity contribution in [3.63, 3.8) is 0 Å². The number of hydrogen-bond acceptors (Lipinski definition) is 4. The molecular weight excluding hydrogens is 332 g/mol. The van der Waals surface area contributed by atoms with E-state index in [1.165, 1.54) is 10.4 Å². The van der Waals surface area contributed by atoms with Gasteiger partial charge in [0.15, 0.2) is 5.96 Å². The Labute approximate surface area is 154 Å². The second-order valence-electron chi connectivity index (χ2n) is 5.86. The van der Waals surface area contributed by atoms with Gasteiger partial charge in [0.25, 0.3) is 0 Å². The molecule has 1 aromatic carbocycles. The molecule has 5 nitrogen and oxygen atoms in total. The Balaban J connectivity index is 1.83. The number of aliphatic imine (C=N–C) groups is 1. The molecule has 1 heterocycles. The zero-order valence-corrected chi connectivity index (χ0v) is 16.4. The third kappa shape index (κ3) is 6.38. The van der Waals surface area contributed by atoms with Crippen molar-refractivity contribution >= 4 is 17.3 Å². The molecule has 2 N–H and O–H groups in total. The molecule has 0 aliphatic carbocycles. The maximum Gasteiger partial charge on any atom is 0.191 e. The van der Waals surface area contributed by atoms with Gasteiger partial charge in [-0.05, 0) is 44.4 Å². The van der Waals surface area contributed by atoms with Gasteiger partial charge in [0.05, 0.1) is 12.1 Å². The van der Waals surface area contributed by atoms with E-state index in [2.05, 4.69) is 59.6 Å². The van der Waals surface area contributed by atoms with Gasteiger partial charge < -0.3 is 15.4 Å². The molecule has 2 aromatic rings. The fourth-order valence-electron chi connectivity index (χ4n) is 2.47. The van der Waals surface area contributed by atoms with Crippen molar-refractivity contribution in [2.24, 2.45) is 4.99 Å². The molecule has 0 atom stereocenters. The van der Waals surface area contributed by atoms with Gasteiger partial charge in [-0.2, -0.15) is 0 Å². The molecule has 2 rings (SSSR count). The maximum absolute atomic E-state index is 5.39. The van der Waals surface area contributed by atoms with Gasteiger partial charge in [-0.3, -0.25) is 4.99 Å². The average Bonchev–Trinajstić information content (AvgIpc) is 3.01. The van der Waals surface area contributed by atoms with E-state index in [4.69, 9.17) is 4.74 Å². The first kappa shape index (κ1) is 19.2. The number of aryl methyl sites for hydroxylation is 2. The van der Waals surface area contributed by atoms with E-state index in [0.29, 0.717) is 0 Å². The van der Waals surface area contributed by atoms with Crippen LogP contribution in [0.1, 0.15) is 27.9 Å². The fourth-order valence-corrected chi connectivity index (χ4v) is 3.24. The molecular formula is C19H28N4OS. The number of methoxy groups -OCH3 is 1. The van der Waals surface area contributed by atoms with Crippen LogP contribution in [0.15, 0.2) is 29.4 Å². The maximum atomic E-state index is 5.39. The summed E-state index contributed by atoms with van der Waals surface area (Å²) in [7, 11) is 1.71. The van der Waals surface area contributed by atoms with Crippen LogP contribution in [0.3, 0.4) is 0 Å². The molecule has 0 aliphatic rings. The highest BCUT2D eigenvalue weighted by atomic mass is 32.1. The summed E-state index contributed by atoms with van der Waals surface area (Å²) in [6.07, 6.45) is 3.72. The smallest absolute Gasteiger partial charge is 0.191 e. The van der Waals surface area contributed by atoms with Gasteiger partial charge >= 0.3 is 0 Å². The molecule has 6 heteroatoms. The van der Waals surface area contributed by atoms with Crippen molar-refractivity contribution < 1.29 is 4.74 Å². The fraction of sp³-hybridized carbons (Fsp3) is 0.474. The Morgan fingerprint density at radius 3 is 2.76 bits per heavy atom. The topological polar surface area (TPSA) is 58.5 Å². The van der Waals surface area contributed by atoms with E-state index < -0.39 is 0 Å². The number of benzene rings is 1. The molecule has 0 amide bonds. The third-order valence-corrected chi connectivity index (χ3v) is 4.76. The molecule has 0 saturated carbocycles. The summed E-state index contributed by atoms with van der Waals surface area (Å²) >= 11 is 1.74. The molecule has 0 fully saturated rings. The number of hydrogen-bond donors (Lipinski definition) is 2. The van der Waals surface area contributed by atoms with E-state index in [1.54, 1.807) is 18.4 Å². The van der Waals surface area contributed by atoms with Crippen molar-refractivity contribution in [2.75, 3.05) is 26.7 Å². The third-order valence-electron chi connectivity index (χ3n) is 3.79. The number of aromatic nitrogens is 1. The van der Waals surface area contributed by atoms with Crippen molar-refractivity contribution in [1.82, 2.24) is 15.6 Å². The van der Waals surface area contributed by atoms with E-state index >= 15 is 0 Å². The quantitative estimate of drug-likeness (QED) is 0.561. The Hall–Kier alpha value is -2.08. The van der Waals surface area contributed by atoms with Crippen LogP contribution in [0.25, 0.3) is 0 Å². The van der Waals surface area contributed by atoms with Crippen molar-refractivity contribution in [2.45, 2.75) is 33.6 Å². The normalized spacial score (nSPS) is 11.4. The molecule has 0 aliphatic heterocycles. The lowest BCUT2D eigenvalue weighted by Gasteiger charge is -2.12. The first-order valence-electron chi connectivity index (χ1n) is 8.69. The molecule has 1 aromatic heterocycles. The highest BCUT2D eigenvalue weighted by molar-refractivity contribution is 7.11. The lowest BCUT2D eigenvalue weighted by Crippen LogP contribution is -2.38. The molecule has 0 unspecified atom stereocenters. The van der Waals surface area contributed by atoms with Crippen molar-refractivity contribution in [3.05, 3.63) is 45.4 Å². The van der Waals surface area contributed by atoms with Gasteiger partial charge in [-0.25, -0.2) is 4.98 Å². The highest BCUT2D eigenvalue weighted by Gasteiger charge is 2.02. The SMILES string of the molecule is CCNC(=NCCc1ncc(C)s1)NCCc1ccc(C)c(OC)c1. The minimum Gasteiger partial charge on any atom is -0.496 e. The first-order chi connectivity index (χ1) is 12.1. The van der Waals surface area contributed by atoms with Gasteiger partial charge in [-0.15, -0.1) is 11.3 Å². The van der Waals surface area contributed by atoms with Gasteiger partial charge in [0.2, 0.25) is 0 Å². The van der Waals surface area contributed by atoms with E-state index in [1.807, 2.05) is 6.20 Å². The van der Waals surface area contributed by atoms with Crippen LogP contribution in [0, 0.1) is 13.8 Å². The van der Waals surface area contributed by atoms with Crippen LogP contribution in [0.5, 0.6) is 5.75 Å². The van der Waals surface area contributed by atoms with Gasteiger partial charge in [0.1, 0.15) is 5.75 Å². The van der Waals surface area contributed by atoms with Gasteiger partial charge in [-0.1, -0.05) is 12.1 Å². The summed E-state index contributed by atoms with van der Waals surface area (Å²) < 4.78 is 5.39. The second kappa shape index (κ2) is 10.0. The number of rotatable bonds is 8. The van der Waals surface area contributed by atoms with E-state index in [9.17, 15) is 0 Å². The molecule has 0 radical (unpaired) electrons. The van der Waals surface area contributed by atoms with Crippen LogP contribution >= 0.6 is 11.3 Å². The van der Waals surface area contributed by atoms with Gasteiger partial charge in [0, 0.05) is 37.1 Å². The monoisotopic (exact) mass is 360 g/mol. The summed E-state index contributed by atoms with van der Waals surface area (Å²) in [5.41, 5.74) is 2.41. The van der Waals surface area contributed by atoms with Crippen LogP contribution in [0.2, 0.25) is 0 Å². The Morgan fingerprint density at radius 2 is 2.08 bits per heavy atom. The summed E-state index contributed by atoms with van der Waals surface area (Å²) in [6, 6.07) is 6.35. The highest BCUT2D eigenvalue weighted by Crippen LogP contribution is 2.19. The number of nitrogens with one attached hydrogen (secondary N) is 2. The predicted molar refractivity (Wildman–Crippen MR) is 106 cm³/mol. The number of guanidine groups is 1. The van der Waals surface area contributed by atoms with Crippen LogP contribution in [-0.4, -0.2) is 37.7 Å². The second-order valence-corrected chi connectivity index (χ2v) is 7.18. The van der Waals surface area contributed by atoms with E-state index in [-0.39, 0.29) is 0 Å². The lowest BCUT2D eigenvalue weighted by atomic mass is 10.1. The largest absolute Gasteiger partial charge is 0.496 e. The van der Waals surface area contributed by atoms with Crippen molar-refractivity contribution in [3.8, 4) is 5.75 Å². The van der Waals surface area contributed by atoms with E-state index in [0.717, 1.165) is 54.8 Å². The number of thiazole rings is 1. The minimum absolute atomic E-state index is 0.737. The minimum atomic E-state index is 0.737. The number of ether oxygens (including phenoxy) is 1. The first-order valence-corrected chi connectivity index (χ1v) is 9.51. The molecule has 0 spiro atoms. The standard InChI is InChI=1S/C19H28N4OS/c1-5-20-19(22-11-9-18-23-13-15(3)25-18)21-10-8-16-7-6-14(2)17(12-16)24-4/h6-7,12-13H,5,8-11H2,1-4H3,(H2,20,21,22). The Morgan fingerprint density at radius 1 is 1.24 bits per heavy atom. The molecule has 0 saturated heterocycles. The average molecular weight is 361 g/mol. The Kier molecular flexibility index (Phi) is 7.73. The molecule has 0 bridgehead atoms. The number of nitrogens with zero attached hydrogens (tertiary/aromatic N) is 2. The summed E-state index contributed by atoms with van der Waals surface area (Å²) in [4.78, 5) is 10.3. The van der Waals surface area contributed by atoms with Crippen LogP contribution in [0.4, 0.5) is 0 Å². The lowest BCUT2D eigenvalue weighted by molar-refractivity contribution is 0.411.